The number of anilines is 1. The summed E-state index contributed by atoms with van der Waals surface area (Å²) in [4.78, 5) is 22.5. The summed E-state index contributed by atoms with van der Waals surface area (Å²) in [5, 5.41) is 1.93. The molecule has 3 saturated heterocycles. The molecule has 1 N–H and O–H groups in total. The number of furan rings is 1. The zero-order valence-corrected chi connectivity index (χ0v) is 21.5. The van der Waals surface area contributed by atoms with E-state index in [4.69, 9.17) is 19.1 Å². The summed E-state index contributed by atoms with van der Waals surface area (Å²) >= 11 is 0. The largest absolute Gasteiger partial charge is 0.432 e. The highest BCUT2D eigenvalue weighted by Gasteiger charge is 2.55. The molecular formula is C27H26N6O4S. The number of H-pyrrole nitrogens is 1. The minimum atomic E-state index is -2.82. The molecule has 0 unspecified atom stereocenters. The van der Waals surface area contributed by atoms with Crippen LogP contribution in [0.1, 0.15) is 5.56 Å². The van der Waals surface area contributed by atoms with Gasteiger partial charge in [-0.2, -0.15) is 0 Å². The van der Waals surface area contributed by atoms with Gasteiger partial charge in [-0.3, -0.25) is 4.90 Å². The third-order valence-electron chi connectivity index (χ3n) is 7.93. The lowest BCUT2D eigenvalue weighted by molar-refractivity contribution is 0.0180. The molecule has 3 aliphatic rings. The van der Waals surface area contributed by atoms with Gasteiger partial charge >= 0.3 is 0 Å². The van der Waals surface area contributed by atoms with Crippen molar-refractivity contribution in [3.05, 3.63) is 48.3 Å². The van der Waals surface area contributed by atoms with E-state index < -0.39 is 9.84 Å². The fourth-order valence-electron chi connectivity index (χ4n) is 6.38. The van der Waals surface area contributed by atoms with E-state index in [1.807, 2.05) is 36.7 Å². The van der Waals surface area contributed by atoms with Gasteiger partial charge in [0, 0.05) is 67.0 Å². The molecule has 10 nitrogen and oxygen atoms in total. The average Bonchev–Trinajstić information content (AvgIpc) is 3.51. The van der Waals surface area contributed by atoms with Crippen molar-refractivity contribution in [2.75, 3.05) is 55.8 Å². The fourth-order valence-corrected chi connectivity index (χ4v) is 8.53. The molecule has 0 atom stereocenters. The van der Waals surface area contributed by atoms with Gasteiger partial charge in [-0.1, -0.05) is 12.1 Å². The highest BCUT2D eigenvalue weighted by Crippen LogP contribution is 2.42. The summed E-state index contributed by atoms with van der Waals surface area (Å²) in [6.07, 6.45) is 3.77. The standard InChI is InChI=1S/C27H26N6O4S/c34-38(35)15-27(16-38)13-32(14-27)12-17-10-20-22-23(37-26(20)29-11-17)25(33-6-8-36-9-7-33)31-24(30-22)19-2-1-3-21-18(19)4-5-28-21/h1-5,10-11,28H,6-9,12-16H2. The van der Waals surface area contributed by atoms with Crippen LogP contribution in [0, 0.1) is 5.41 Å². The number of likely N-dealkylation sites (tertiary alicyclic amines) is 1. The van der Waals surface area contributed by atoms with Crippen LogP contribution in [0.25, 0.3) is 44.5 Å². The number of aromatic amines is 1. The van der Waals surface area contributed by atoms with Gasteiger partial charge in [-0.05, 0) is 23.8 Å². The summed E-state index contributed by atoms with van der Waals surface area (Å²) in [6, 6.07) is 10.3. The van der Waals surface area contributed by atoms with Crippen molar-refractivity contribution in [1.29, 1.82) is 0 Å². The van der Waals surface area contributed by atoms with Crippen LogP contribution in [0.4, 0.5) is 5.82 Å². The van der Waals surface area contributed by atoms with Crippen LogP contribution in [-0.2, 0) is 21.1 Å². The quantitative estimate of drug-likeness (QED) is 0.374. The van der Waals surface area contributed by atoms with Crippen molar-refractivity contribution >= 4 is 48.8 Å². The number of aromatic nitrogens is 4. The Hall–Kier alpha value is -3.54. The number of ether oxygens (including phenoxy) is 1. The van der Waals surface area contributed by atoms with Crippen LogP contribution in [0.2, 0.25) is 0 Å². The van der Waals surface area contributed by atoms with Gasteiger partial charge < -0.3 is 19.0 Å². The monoisotopic (exact) mass is 530 g/mol. The Morgan fingerprint density at radius 2 is 1.89 bits per heavy atom. The molecule has 1 spiro atoms. The molecule has 0 amide bonds. The number of nitrogens with zero attached hydrogens (tertiary/aromatic N) is 5. The Kier molecular flexibility index (Phi) is 4.71. The molecule has 0 radical (unpaired) electrons. The molecule has 194 valence electrons. The summed E-state index contributed by atoms with van der Waals surface area (Å²) in [6.45, 7) is 5.05. The van der Waals surface area contributed by atoms with Crippen LogP contribution in [0.3, 0.4) is 0 Å². The van der Waals surface area contributed by atoms with E-state index in [0.29, 0.717) is 48.4 Å². The minimum absolute atomic E-state index is 0.0346. The Labute approximate surface area is 218 Å². The molecule has 11 heteroatoms. The predicted molar refractivity (Wildman–Crippen MR) is 144 cm³/mol. The molecule has 8 rings (SSSR count). The number of sulfone groups is 1. The van der Waals surface area contributed by atoms with E-state index in [0.717, 1.165) is 64.9 Å². The van der Waals surface area contributed by atoms with E-state index >= 15 is 0 Å². The topological polar surface area (TPSA) is 117 Å². The highest BCUT2D eigenvalue weighted by molar-refractivity contribution is 7.92. The zero-order valence-electron chi connectivity index (χ0n) is 20.7. The van der Waals surface area contributed by atoms with Crippen molar-refractivity contribution in [2.24, 2.45) is 5.41 Å². The molecule has 4 aromatic heterocycles. The first-order valence-corrected chi connectivity index (χ1v) is 14.7. The van der Waals surface area contributed by atoms with Crippen LogP contribution in [-0.4, -0.2) is 84.2 Å². The number of benzene rings is 1. The zero-order chi connectivity index (χ0) is 25.5. The third-order valence-corrected chi connectivity index (χ3v) is 10.0. The first-order valence-electron chi connectivity index (χ1n) is 12.9. The Bertz CT molecular complexity index is 1820. The van der Waals surface area contributed by atoms with Gasteiger partial charge in [0.1, 0.15) is 5.52 Å². The SMILES string of the molecule is O=S1(=O)CC2(CN(Cc3cnc4oc5c(N6CCOCC6)nc(-c6cccc7[nH]ccc67)nc5c4c3)C2)C1. The number of hydrogen-bond donors (Lipinski definition) is 1. The fraction of sp³-hybridized carbons (Fsp3) is 0.370. The molecule has 5 aromatic rings. The lowest BCUT2D eigenvalue weighted by atomic mass is 9.82. The van der Waals surface area contributed by atoms with E-state index in [2.05, 4.69) is 25.8 Å². The van der Waals surface area contributed by atoms with Gasteiger partial charge in [-0.25, -0.2) is 23.4 Å². The number of morpholine rings is 1. The number of hydrogen-bond acceptors (Lipinski definition) is 9. The molecule has 3 fully saturated rings. The number of fused-ring (bicyclic) bond motifs is 4. The van der Waals surface area contributed by atoms with Gasteiger partial charge in [0.05, 0.1) is 30.1 Å². The van der Waals surface area contributed by atoms with E-state index in [1.165, 1.54) is 0 Å². The van der Waals surface area contributed by atoms with Crippen molar-refractivity contribution in [1.82, 2.24) is 24.8 Å². The minimum Gasteiger partial charge on any atom is -0.432 e. The Morgan fingerprint density at radius 1 is 1.05 bits per heavy atom. The smallest absolute Gasteiger partial charge is 0.229 e. The van der Waals surface area contributed by atoms with Gasteiger partial charge in [0.25, 0.3) is 0 Å². The molecule has 0 saturated carbocycles. The summed E-state index contributed by atoms with van der Waals surface area (Å²) < 4.78 is 35.2. The second-order valence-electron chi connectivity index (χ2n) is 10.9. The first kappa shape index (κ1) is 22.4. The molecule has 3 aliphatic heterocycles. The first-order chi connectivity index (χ1) is 18.5. The maximum absolute atomic E-state index is 11.7. The summed E-state index contributed by atoms with van der Waals surface area (Å²) in [5.74, 6) is 2.04. The van der Waals surface area contributed by atoms with Crippen LogP contribution < -0.4 is 4.90 Å². The number of rotatable bonds is 4. The maximum atomic E-state index is 11.7. The van der Waals surface area contributed by atoms with Gasteiger partial charge in [0.2, 0.25) is 5.71 Å². The average molecular weight is 531 g/mol. The van der Waals surface area contributed by atoms with Crippen LogP contribution in [0.15, 0.2) is 47.1 Å². The highest BCUT2D eigenvalue weighted by atomic mass is 32.2. The Morgan fingerprint density at radius 3 is 2.71 bits per heavy atom. The van der Waals surface area contributed by atoms with Crippen LogP contribution >= 0.6 is 0 Å². The van der Waals surface area contributed by atoms with Gasteiger partial charge in [-0.15, -0.1) is 0 Å². The third kappa shape index (κ3) is 3.53. The Balaban J connectivity index is 1.22. The second kappa shape index (κ2) is 7.98. The lowest BCUT2D eigenvalue weighted by Crippen LogP contribution is -2.67. The maximum Gasteiger partial charge on any atom is 0.229 e. The van der Waals surface area contributed by atoms with E-state index in [-0.39, 0.29) is 5.41 Å². The van der Waals surface area contributed by atoms with Crippen molar-refractivity contribution in [3.63, 3.8) is 0 Å². The summed E-state index contributed by atoms with van der Waals surface area (Å²) in [5.41, 5.74) is 4.93. The number of pyridine rings is 1. The molecule has 38 heavy (non-hydrogen) atoms. The molecule has 0 aliphatic carbocycles. The van der Waals surface area contributed by atoms with E-state index in [1.54, 1.807) is 0 Å². The van der Waals surface area contributed by atoms with E-state index in [9.17, 15) is 8.42 Å². The van der Waals surface area contributed by atoms with Crippen LogP contribution in [0.5, 0.6) is 0 Å². The normalized spacial score (nSPS) is 20.8. The summed E-state index contributed by atoms with van der Waals surface area (Å²) in [7, 11) is -2.82. The lowest BCUT2D eigenvalue weighted by Gasteiger charge is -2.54. The van der Waals surface area contributed by atoms with Crippen molar-refractivity contribution in [3.8, 4) is 11.4 Å². The molecular weight excluding hydrogens is 504 g/mol. The molecule has 0 bridgehead atoms. The number of nitrogens with one attached hydrogen (secondary N) is 1. The predicted octanol–water partition coefficient (Wildman–Crippen LogP) is 2.99. The van der Waals surface area contributed by atoms with Crippen molar-refractivity contribution in [2.45, 2.75) is 6.54 Å². The molecule has 1 aromatic carbocycles. The van der Waals surface area contributed by atoms with Crippen molar-refractivity contribution < 1.29 is 17.6 Å². The van der Waals surface area contributed by atoms with Gasteiger partial charge in [0.15, 0.2) is 27.1 Å². The molecule has 7 heterocycles. The second-order valence-corrected chi connectivity index (χ2v) is 12.9.